The van der Waals surface area contributed by atoms with Crippen molar-refractivity contribution in [1.29, 1.82) is 0 Å². The summed E-state index contributed by atoms with van der Waals surface area (Å²) in [4.78, 5) is 22.6. The topological polar surface area (TPSA) is 46.2 Å². The number of hydrogen-bond donors (Lipinski definition) is 1. The lowest BCUT2D eigenvalue weighted by molar-refractivity contribution is -0.128. The summed E-state index contributed by atoms with van der Waals surface area (Å²) in [5.74, 6) is 0.548. The molecule has 2 amide bonds. The molecule has 2 atom stereocenters. The highest BCUT2D eigenvalue weighted by atomic mass is 16.2. The molecule has 3 heteroatoms. The average molecular weight is 181 g/mol. The molecule has 0 bridgehead atoms. The van der Waals surface area contributed by atoms with E-state index in [0.717, 1.165) is 25.7 Å². The molecule has 0 aromatic carbocycles. The van der Waals surface area contributed by atoms with Crippen molar-refractivity contribution in [2.75, 3.05) is 0 Å². The largest absolute Gasteiger partial charge is 0.296 e. The van der Waals surface area contributed by atoms with Gasteiger partial charge in [0.05, 0.1) is 5.41 Å². The molecule has 2 aliphatic rings. The zero-order valence-corrected chi connectivity index (χ0v) is 7.93. The molecule has 2 fully saturated rings. The van der Waals surface area contributed by atoms with Crippen molar-refractivity contribution in [3.8, 4) is 0 Å². The second-order valence-corrected chi connectivity index (χ2v) is 4.35. The van der Waals surface area contributed by atoms with Crippen LogP contribution in [0.2, 0.25) is 0 Å². The van der Waals surface area contributed by atoms with Crippen LogP contribution < -0.4 is 5.32 Å². The first-order valence-electron chi connectivity index (χ1n) is 5.00. The molecule has 1 aliphatic heterocycles. The van der Waals surface area contributed by atoms with Crippen molar-refractivity contribution in [3.05, 3.63) is 0 Å². The summed E-state index contributed by atoms with van der Waals surface area (Å²) >= 11 is 0. The molecule has 1 spiro atoms. The predicted octanol–water partition coefficient (Wildman–Crippen LogP) is 1.23. The van der Waals surface area contributed by atoms with E-state index in [1.807, 2.05) is 0 Å². The average Bonchev–Trinajstić information content (AvgIpc) is 2.59. The van der Waals surface area contributed by atoms with Crippen molar-refractivity contribution < 1.29 is 9.59 Å². The molecule has 13 heavy (non-hydrogen) atoms. The lowest BCUT2D eigenvalue weighted by atomic mass is 9.83. The minimum Gasteiger partial charge on any atom is -0.296 e. The molecule has 3 nitrogen and oxygen atoms in total. The van der Waals surface area contributed by atoms with Gasteiger partial charge in [-0.25, -0.2) is 0 Å². The highest BCUT2D eigenvalue weighted by Gasteiger charge is 2.50. The second-order valence-electron chi connectivity index (χ2n) is 4.35. The zero-order chi connectivity index (χ0) is 9.47. The highest BCUT2D eigenvalue weighted by molar-refractivity contribution is 6.05. The highest BCUT2D eigenvalue weighted by Crippen LogP contribution is 2.47. The molecule has 0 aromatic rings. The number of imide groups is 1. The van der Waals surface area contributed by atoms with Crippen LogP contribution in [0.1, 0.15) is 39.0 Å². The van der Waals surface area contributed by atoms with Gasteiger partial charge in [-0.2, -0.15) is 0 Å². The van der Waals surface area contributed by atoms with Gasteiger partial charge < -0.3 is 0 Å². The summed E-state index contributed by atoms with van der Waals surface area (Å²) in [5, 5.41) is 2.42. The fraction of sp³-hybridized carbons (Fsp3) is 0.800. The third-order valence-electron chi connectivity index (χ3n) is 3.52. The van der Waals surface area contributed by atoms with Crippen molar-refractivity contribution in [3.63, 3.8) is 0 Å². The summed E-state index contributed by atoms with van der Waals surface area (Å²) in [6.45, 7) is 2.15. The summed E-state index contributed by atoms with van der Waals surface area (Å²) in [7, 11) is 0. The van der Waals surface area contributed by atoms with E-state index < -0.39 is 0 Å². The van der Waals surface area contributed by atoms with Crippen LogP contribution in [-0.2, 0) is 9.59 Å². The maximum atomic E-state index is 11.5. The van der Waals surface area contributed by atoms with E-state index in [0.29, 0.717) is 12.3 Å². The number of amides is 2. The monoisotopic (exact) mass is 181 g/mol. The molecule has 2 unspecified atom stereocenters. The molecule has 2 rings (SSSR count). The van der Waals surface area contributed by atoms with Gasteiger partial charge in [-0.05, 0) is 25.2 Å². The van der Waals surface area contributed by atoms with Gasteiger partial charge in [-0.15, -0.1) is 0 Å². The van der Waals surface area contributed by atoms with E-state index in [4.69, 9.17) is 0 Å². The Bertz CT molecular complexity index is 262. The smallest absolute Gasteiger partial charge is 0.233 e. The molecule has 1 saturated carbocycles. The van der Waals surface area contributed by atoms with Crippen LogP contribution in [0.5, 0.6) is 0 Å². The summed E-state index contributed by atoms with van der Waals surface area (Å²) in [5.41, 5.74) is -0.308. The molecular weight excluding hydrogens is 166 g/mol. The summed E-state index contributed by atoms with van der Waals surface area (Å²) in [6, 6.07) is 0. The van der Waals surface area contributed by atoms with Gasteiger partial charge >= 0.3 is 0 Å². The second kappa shape index (κ2) is 2.82. The molecule has 72 valence electrons. The third kappa shape index (κ3) is 1.26. The maximum absolute atomic E-state index is 11.5. The standard InChI is InChI=1S/C10H15NO2/c1-2-7-3-4-10(5-7)6-8(12)11-9(10)13/h7H,2-6H2,1H3,(H,11,12,13). The van der Waals surface area contributed by atoms with Gasteiger partial charge in [-0.1, -0.05) is 13.3 Å². The Morgan fingerprint density at radius 3 is 2.77 bits per heavy atom. The fourth-order valence-corrected chi connectivity index (χ4v) is 2.64. The maximum Gasteiger partial charge on any atom is 0.233 e. The van der Waals surface area contributed by atoms with Gasteiger partial charge in [0.25, 0.3) is 0 Å². The Balaban J connectivity index is 2.14. The first kappa shape index (κ1) is 8.73. The molecule has 1 saturated heterocycles. The number of nitrogens with one attached hydrogen (secondary N) is 1. The summed E-state index contributed by atoms with van der Waals surface area (Å²) < 4.78 is 0. The van der Waals surface area contributed by atoms with Gasteiger partial charge in [0.15, 0.2) is 0 Å². The van der Waals surface area contributed by atoms with Crippen LogP contribution >= 0.6 is 0 Å². The van der Waals surface area contributed by atoms with Crippen molar-refractivity contribution in [1.82, 2.24) is 5.32 Å². The number of rotatable bonds is 1. The Morgan fingerprint density at radius 1 is 1.54 bits per heavy atom. The van der Waals surface area contributed by atoms with Crippen molar-refractivity contribution in [2.45, 2.75) is 39.0 Å². The fourth-order valence-electron chi connectivity index (χ4n) is 2.64. The van der Waals surface area contributed by atoms with Gasteiger partial charge in [-0.3, -0.25) is 14.9 Å². The molecule has 1 heterocycles. The van der Waals surface area contributed by atoms with Crippen LogP contribution in [-0.4, -0.2) is 11.8 Å². The zero-order valence-electron chi connectivity index (χ0n) is 7.93. The van der Waals surface area contributed by atoms with Gasteiger partial charge in [0, 0.05) is 6.42 Å². The van der Waals surface area contributed by atoms with Crippen molar-refractivity contribution in [2.24, 2.45) is 11.3 Å². The number of carbonyl (C=O) groups excluding carboxylic acids is 2. The Hall–Kier alpha value is -0.860. The lowest BCUT2D eigenvalue weighted by Gasteiger charge is -2.17. The van der Waals surface area contributed by atoms with E-state index in [-0.39, 0.29) is 17.2 Å². The van der Waals surface area contributed by atoms with E-state index in [1.165, 1.54) is 0 Å². The van der Waals surface area contributed by atoms with Crippen LogP contribution in [0, 0.1) is 11.3 Å². The molecule has 0 aromatic heterocycles. The normalized spacial score (nSPS) is 38.7. The van der Waals surface area contributed by atoms with Crippen LogP contribution in [0.4, 0.5) is 0 Å². The van der Waals surface area contributed by atoms with E-state index in [2.05, 4.69) is 12.2 Å². The third-order valence-corrected chi connectivity index (χ3v) is 3.52. The van der Waals surface area contributed by atoms with E-state index in [9.17, 15) is 9.59 Å². The van der Waals surface area contributed by atoms with E-state index in [1.54, 1.807) is 0 Å². The predicted molar refractivity (Wildman–Crippen MR) is 47.8 cm³/mol. The first-order valence-corrected chi connectivity index (χ1v) is 5.00. The summed E-state index contributed by atoms with van der Waals surface area (Å²) in [6.07, 6.45) is 4.49. The van der Waals surface area contributed by atoms with Crippen molar-refractivity contribution >= 4 is 11.8 Å². The van der Waals surface area contributed by atoms with E-state index >= 15 is 0 Å². The molecular formula is C10H15NO2. The minimum absolute atomic E-state index is 0.0200. The Morgan fingerprint density at radius 2 is 2.31 bits per heavy atom. The quantitative estimate of drug-likeness (QED) is 0.618. The first-order chi connectivity index (χ1) is 6.16. The van der Waals surface area contributed by atoms with Gasteiger partial charge in [0.2, 0.25) is 11.8 Å². The number of carbonyl (C=O) groups is 2. The minimum atomic E-state index is -0.308. The Kier molecular flexibility index (Phi) is 1.90. The number of hydrogen-bond acceptors (Lipinski definition) is 2. The molecule has 1 N–H and O–H groups in total. The van der Waals surface area contributed by atoms with Gasteiger partial charge in [0.1, 0.15) is 0 Å². The lowest BCUT2D eigenvalue weighted by Crippen LogP contribution is -2.29. The van der Waals surface area contributed by atoms with Crippen LogP contribution in [0.15, 0.2) is 0 Å². The molecule has 0 radical (unpaired) electrons. The SMILES string of the molecule is CCC1CCC2(CC(=O)NC2=O)C1. The van der Waals surface area contributed by atoms with Crippen LogP contribution in [0.25, 0.3) is 0 Å². The Labute approximate surface area is 77.9 Å². The van der Waals surface area contributed by atoms with Crippen LogP contribution in [0.3, 0.4) is 0 Å². The molecule has 1 aliphatic carbocycles.